The highest BCUT2D eigenvalue weighted by Gasteiger charge is 2.41. The number of fused-ring (bicyclic) bond motifs is 2. The third-order valence-corrected chi connectivity index (χ3v) is 11.5. The van der Waals surface area contributed by atoms with Crippen LogP contribution in [0.3, 0.4) is 0 Å². The van der Waals surface area contributed by atoms with Crippen LogP contribution in [0.15, 0.2) is 97.1 Å². The maximum Gasteiger partial charge on any atom is 0.451 e. The van der Waals surface area contributed by atoms with E-state index in [-0.39, 0.29) is 101 Å². The number of benzene rings is 4. The Balaban J connectivity index is 0.000000274. The summed E-state index contributed by atoms with van der Waals surface area (Å²) in [5.74, 6) is -10.1. The Morgan fingerprint density at radius 1 is 0.640 bits per heavy atom. The number of rotatable bonds is 11. The minimum Gasteiger partial charge on any atom is -0.333 e. The first kappa shape index (κ1) is 61.9. The van der Waals surface area contributed by atoms with Crippen molar-refractivity contribution in [1.82, 2.24) is 44.6 Å². The summed E-state index contributed by atoms with van der Waals surface area (Å²) in [7, 11) is 0. The Morgan fingerprint density at radius 2 is 1.08 bits per heavy atom. The summed E-state index contributed by atoms with van der Waals surface area (Å²) in [5, 5.41) is 16.6. The molecule has 1 unspecified atom stereocenters. The Morgan fingerprint density at radius 3 is 1.56 bits per heavy atom. The standard InChI is InChI=1S/C24H23F6N5O.C16H12F6N4O.C8H11N.CH4.I2/c1-14(15-5-3-2-4-6-15)31-17(9-16-10-19(26)20(27)12-18(16)25)11-22(36)34-7-8-35-21(13-34)32-33-23(35)24(28,29)30;17-10-7-12(19)11(18)6-9(10)2-1-3-14(27)25-4-5-26-13(8-25)23-24-15(26)16(20,21)22;1-7(9)8-5-3-2-4-6-8;;1-2/h2-6,10,12,14,17,31H,7-9,11,13H2,1H3;1,3,6-7H,2,4-5,8H2;2-7H,9H2,1H3;1H4;/t14-,17?;;7-;;/m1.1../s1. The van der Waals surface area contributed by atoms with E-state index in [1.165, 1.54) is 21.4 Å². The highest BCUT2D eigenvalue weighted by Crippen LogP contribution is 2.31. The lowest BCUT2D eigenvalue weighted by Gasteiger charge is -2.30. The molecule has 12 nitrogen and oxygen atoms in total. The van der Waals surface area contributed by atoms with Gasteiger partial charge in [-0.2, -0.15) is 26.3 Å². The van der Waals surface area contributed by atoms with E-state index < -0.39 is 76.8 Å². The first-order valence-corrected chi connectivity index (χ1v) is 28.5. The van der Waals surface area contributed by atoms with E-state index in [1.54, 1.807) is 0 Å². The molecule has 2 amide bonds. The minimum atomic E-state index is -4.66. The monoisotopic (exact) mass is 1290 g/mol. The van der Waals surface area contributed by atoms with Crippen molar-refractivity contribution in [3.63, 3.8) is 0 Å². The highest BCUT2D eigenvalue weighted by atomic mass is 128. The fourth-order valence-electron chi connectivity index (χ4n) is 7.71. The molecule has 0 radical (unpaired) electrons. The second-order valence-corrected chi connectivity index (χ2v) is 16.7. The molecular weight excluding hydrogens is 1240 g/mol. The van der Waals surface area contributed by atoms with Gasteiger partial charge >= 0.3 is 12.4 Å². The smallest absolute Gasteiger partial charge is 0.333 e. The lowest BCUT2D eigenvalue weighted by Crippen LogP contribution is -2.43. The molecular formula is C49H50F12I2N10O2. The van der Waals surface area contributed by atoms with Crippen molar-refractivity contribution in [2.75, 3.05) is 13.1 Å². The topological polar surface area (TPSA) is 140 Å². The maximum absolute atomic E-state index is 14.4. The molecule has 406 valence electrons. The molecule has 0 saturated heterocycles. The second-order valence-electron chi connectivity index (χ2n) is 16.7. The number of nitrogens with two attached hydrogens (primary N) is 1. The average Bonchev–Trinajstić information content (AvgIpc) is 4.01. The van der Waals surface area contributed by atoms with Crippen LogP contribution >= 0.6 is 37.2 Å². The largest absolute Gasteiger partial charge is 0.451 e. The van der Waals surface area contributed by atoms with E-state index in [4.69, 9.17) is 5.73 Å². The van der Waals surface area contributed by atoms with Crippen LogP contribution in [0.1, 0.15) is 85.3 Å². The van der Waals surface area contributed by atoms with E-state index >= 15 is 0 Å². The molecule has 0 aliphatic carbocycles. The lowest BCUT2D eigenvalue weighted by molar-refractivity contribution is -0.149. The van der Waals surface area contributed by atoms with Crippen LogP contribution in [-0.4, -0.2) is 70.3 Å². The SMILES string of the molecule is C.C[C@@H](N)c1ccccc1.C[C@@H](NC(CC(=O)N1CCn2c(nnc2C(F)(F)F)C1)Cc1cc(F)c(F)cc1F)c1ccccc1.II.O=C(C=CCc1cc(F)c(F)cc1F)N1CCn2c(nnc2C(F)(F)F)C1. The molecule has 0 fully saturated rings. The van der Waals surface area contributed by atoms with E-state index in [2.05, 4.69) is 62.9 Å². The fourth-order valence-corrected chi connectivity index (χ4v) is 7.71. The predicted molar refractivity (Wildman–Crippen MR) is 270 cm³/mol. The van der Waals surface area contributed by atoms with Crippen molar-refractivity contribution in [2.45, 2.75) is 97.2 Å². The molecule has 2 aliphatic rings. The molecule has 3 N–H and O–H groups in total. The summed E-state index contributed by atoms with van der Waals surface area (Å²) < 4.78 is 161. The number of carbonyl (C=O) groups is 2. The predicted octanol–water partition coefficient (Wildman–Crippen LogP) is 11.4. The quantitative estimate of drug-likeness (QED) is 0.0566. The Kier molecular flexibility index (Phi) is 23.1. The molecule has 26 heteroatoms. The zero-order valence-corrected chi connectivity index (χ0v) is 43.4. The van der Waals surface area contributed by atoms with Crippen molar-refractivity contribution in [3.05, 3.63) is 178 Å². The summed E-state index contributed by atoms with van der Waals surface area (Å²) in [4.78, 5) is 27.9. The molecule has 3 atom stereocenters. The van der Waals surface area contributed by atoms with Gasteiger partial charge in [0.05, 0.1) is 13.1 Å². The van der Waals surface area contributed by atoms with Crippen LogP contribution in [0.5, 0.6) is 0 Å². The summed E-state index contributed by atoms with van der Waals surface area (Å²) in [6.45, 7) is 3.28. The summed E-state index contributed by atoms with van der Waals surface area (Å²) in [6, 6.07) is 20.8. The molecule has 75 heavy (non-hydrogen) atoms. The average molecular weight is 1290 g/mol. The van der Waals surface area contributed by atoms with Gasteiger partial charge in [0, 0.05) is 100 Å². The minimum absolute atomic E-state index is 0. The molecule has 2 aromatic heterocycles. The van der Waals surface area contributed by atoms with Gasteiger partial charge in [0.25, 0.3) is 0 Å². The Labute approximate surface area is 447 Å². The summed E-state index contributed by atoms with van der Waals surface area (Å²) >= 11 is 4.24. The normalized spacial score (nSPS) is 14.4. The molecule has 2 aliphatic heterocycles. The van der Waals surface area contributed by atoms with Gasteiger partial charge < -0.3 is 30.0 Å². The number of alkyl halides is 6. The van der Waals surface area contributed by atoms with E-state index in [9.17, 15) is 62.3 Å². The van der Waals surface area contributed by atoms with Crippen LogP contribution in [-0.2, 0) is 61.0 Å². The van der Waals surface area contributed by atoms with Gasteiger partial charge in [-0.25, -0.2) is 26.3 Å². The number of hydrogen-bond acceptors (Lipinski definition) is 8. The van der Waals surface area contributed by atoms with E-state index in [1.807, 2.05) is 74.5 Å². The number of halogens is 14. The molecule has 0 saturated carbocycles. The molecule has 0 spiro atoms. The van der Waals surface area contributed by atoms with Gasteiger partial charge in [-0.05, 0) is 67.2 Å². The zero-order valence-electron chi connectivity index (χ0n) is 39.1. The van der Waals surface area contributed by atoms with Crippen molar-refractivity contribution >= 4 is 49.0 Å². The van der Waals surface area contributed by atoms with Crippen LogP contribution < -0.4 is 11.1 Å². The van der Waals surface area contributed by atoms with E-state index in [0.29, 0.717) is 18.2 Å². The number of carbonyl (C=O) groups excluding carboxylic acids is 2. The Hall–Kier alpha value is -5.62. The summed E-state index contributed by atoms with van der Waals surface area (Å²) in [5.41, 5.74) is 7.46. The van der Waals surface area contributed by atoms with Gasteiger partial charge in [-0.15, -0.1) is 20.4 Å². The number of allylic oxidation sites excluding steroid dienone is 1. The maximum atomic E-state index is 14.4. The first-order valence-electron chi connectivity index (χ1n) is 22.2. The second kappa shape index (κ2) is 28.0. The van der Waals surface area contributed by atoms with Crippen LogP contribution in [0.25, 0.3) is 0 Å². The van der Waals surface area contributed by atoms with Gasteiger partial charge in [0.2, 0.25) is 23.5 Å². The number of nitrogens with zero attached hydrogens (tertiary/aromatic N) is 8. The molecule has 0 bridgehead atoms. The number of aromatic nitrogens is 6. The van der Waals surface area contributed by atoms with Gasteiger partial charge in [-0.3, -0.25) is 9.59 Å². The number of hydrogen-bond donors (Lipinski definition) is 2. The molecule has 6 aromatic rings. The lowest BCUT2D eigenvalue weighted by atomic mass is 9.99. The third-order valence-electron chi connectivity index (χ3n) is 11.5. The van der Waals surface area contributed by atoms with Crippen LogP contribution in [0.2, 0.25) is 0 Å². The number of nitrogens with one attached hydrogen (secondary N) is 1. The van der Waals surface area contributed by atoms with Gasteiger partial charge in [0.1, 0.15) is 11.6 Å². The van der Waals surface area contributed by atoms with Crippen LogP contribution in [0, 0.1) is 34.9 Å². The van der Waals surface area contributed by atoms with Crippen molar-refractivity contribution < 1.29 is 62.3 Å². The third kappa shape index (κ3) is 17.2. The zero-order chi connectivity index (χ0) is 54.5. The summed E-state index contributed by atoms with van der Waals surface area (Å²) in [6.07, 6.45) is -7.36. The van der Waals surface area contributed by atoms with Crippen molar-refractivity contribution in [2.24, 2.45) is 5.73 Å². The van der Waals surface area contributed by atoms with Gasteiger partial charge in [-0.1, -0.05) is 74.2 Å². The van der Waals surface area contributed by atoms with Crippen molar-refractivity contribution in [1.29, 1.82) is 0 Å². The van der Waals surface area contributed by atoms with Gasteiger partial charge in [0.15, 0.2) is 34.9 Å². The highest BCUT2D eigenvalue weighted by molar-refractivity contribution is 15.0. The first-order chi connectivity index (χ1) is 35.0. The molecule has 4 aromatic carbocycles. The fraction of sp³-hybridized carbons (Fsp3) is 0.347. The number of amides is 2. The Bertz CT molecular complexity index is 2850. The van der Waals surface area contributed by atoms with E-state index in [0.717, 1.165) is 26.8 Å². The van der Waals surface area contributed by atoms with Crippen molar-refractivity contribution in [3.8, 4) is 0 Å². The molecule has 8 rings (SSSR count). The molecule has 4 heterocycles. The van der Waals surface area contributed by atoms with Crippen LogP contribution in [0.4, 0.5) is 52.7 Å².